The van der Waals surface area contributed by atoms with Gasteiger partial charge in [-0.1, -0.05) is 84.6 Å². The Morgan fingerprint density at radius 1 is 0.921 bits per heavy atom. The maximum absolute atomic E-state index is 10.0. The van der Waals surface area contributed by atoms with Crippen LogP contribution in [0.25, 0.3) is 43.9 Å². The maximum Gasteiger partial charge on any atom is 0.155 e. The maximum atomic E-state index is 10.0. The number of benzene rings is 4. The van der Waals surface area contributed by atoms with Crippen LogP contribution in [-0.4, -0.2) is 15.9 Å². The number of ketones is 1. The smallest absolute Gasteiger partial charge is 0.155 e. The quantitative estimate of drug-likeness (QED) is 0.0905. The summed E-state index contributed by atoms with van der Waals surface area (Å²) in [5, 5.41) is 13.4. The van der Waals surface area contributed by atoms with Crippen molar-refractivity contribution in [2.45, 2.75) is 40.0 Å². The number of aliphatic hydroxyl groups is 1. The molecule has 1 radical (unpaired) electrons. The first-order valence-electron chi connectivity index (χ1n) is 12.7. The molecule has 1 aromatic heterocycles. The van der Waals surface area contributed by atoms with Crippen LogP contribution in [0.1, 0.15) is 37.0 Å². The second kappa shape index (κ2) is 11.9. The monoisotopic (exact) mass is 677 g/mol. The van der Waals surface area contributed by atoms with Crippen LogP contribution < -0.4 is 0 Å². The van der Waals surface area contributed by atoms with Crippen LogP contribution in [0, 0.1) is 13.0 Å². The fraction of sp³-hybridized carbons (Fsp3) is 0.176. The normalized spacial score (nSPS) is 12.4. The first kappa shape index (κ1) is 27.4. The number of nitrogens with zero attached hydrogens (tertiary/aromatic N) is 1. The molecule has 1 N–H and O–H groups in total. The Labute approximate surface area is 237 Å². The van der Waals surface area contributed by atoms with Crippen molar-refractivity contribution in [3.8, 4) is 22.4 Å². The zero-order valence-electron chi connectivity index (χ0n) is 21.8. The molecule has 1 aliphatic carbocycles. The first-order valence-corrected chi connectivity index (χ1v) is 12.7. The summed E-state index contributed by atoms with van der Waals surface area (Å²) < 4.78 is 0. The zero-order chi connectivity index (χ0) is 25.9. The largest absolute Gasteiger partial charge is 0.512 e. The molecule has 38 heavy (non-hydrogen) atoms. The Bertz CT molecular complexity index is 1650. The number of hydrogen-bond acceptors (Lipinski definition) is 3. The van der Waals surface area contributed by atoms with E-state index >= 15 is 0 Å². The van der Waals surface area contributed by atoms with Gasteiger partial charge in [-0.25, -0.2) is 0 Å². The van der Waals surface area contributed by atoms with E-state index in [9.17, 15) is 4.79 Å². The number of carbonyl (C=O) groups excluding carboxylic acids is 1. The van der Waals surface area contributed by atoms with Gasteiger partial charge in [0.15, 0.2) is 5.78 Å². The molecular weight excluding hydrogens is 647 g/mol. The number of fused-ring (bicyclic) bond motifs is 4. The van der Waals surface area contributed by atoms with Gasteiger partial charge in [0, 0.05) is 32.4 Å². The minimum atomic E-state index is -0.125. The summed E-state index contributed by atoms with van der Waals surface area (Å²) in [4.78, 5) is 14.8. The van der Waals surface area contributed by atoms with Gasteiger partial charge in [-0.15, -0.1) is 28.8 Å². The predicted molar refractivity (Wildman–Crippen MR) is 153 cm³/mol. The van der Waals surface area contributed by atoms with Crippen LogP contribution in [0.5, 0.6) is 0 Å². The third kappa shape index (κ3) is 5.77. The first-order chi connectivity index (χ1) is 17.9. The Balaban J connectivity index is 0.000000375. The minimum Gasteiger partial charge on any atom is -0.512 e. The van der Waals surface area contributed by atoms with Crippen molar-refractivity contribution in [2.75, 3.05) is 0 Å². The van der Waals surface area contributed by atoms with Gasteiger partial charge in [0.05, 0.1) is 5.76 Å². The summed E-state index contributed by atoms with van der Waals surface area (Å²) in [5.41, 5.74) is 8.87. The van der Waals surface area contributed by atoms with E-state index in [1.807, 2.05) is 6.20 Å². The molecule has 0 saturated carbocycles. The molecule has 0 unspecified atom stereocenters. The van der Waals surface area contributed by atoms with Crippen molar-refractivity contribution in [3.63, 3.8) is 0 Å². The Kier molecular flexibility index (Phi) is 8.56. The minimum absolute atomic E-state index is 0. The van der Waals surface area contributed by atoms with Crippen LogP contribution >= 0.6 is 0 Å². The predicted octanol–water partition coefficient (Wildman–Crippen LogP) is 8.35. The van der Waals surface area contributed by atoms with Crippen molar-refractivity contribution in [3.05, 3.63) is 114 Å². The number of hydrogen-bond donors (Lipinski definition) is 1. The van der Waals surface area contributed by atoms with Gasteiger partial charge in [0.25, 0.3) is 0 Å². The summed E-state index contributed by atoms with van der Waals surface area (Å²) >= 11 is 0. The van der Waals surface area contributed by atoms with Crippen molar-refractivity contribution in [1.29, 1.82) is 0 Å². The summed E-state index contributed by atoms with van der Waals surface area (Å²) in [6.07, 6.45) is 6.57. The van der Waals surface area contributed by atoms with E-state index in [-0.39, 0.29) is 31.6 Å². The molecular formula is C34H30IrNO2-. The molecule has 1 aliphatic rings. The van der Waals surface area contributed by atoms with Crippen molar-refractivity contribution in [2.24, 2.45) is 0 Å². The molecule has 4 heteroatoms. The van der Waals surface area contributed by atoms with Gasteiger partial charge in [0.1, 0.15) is 0 Å². The molecule has 0 amide bonds. The number of aryl methyl sites for hydroxylation is 2. The second-order valence-corrected chi connectivity index (χ2v) is 9.71. The number of carbonyl (C=O) groups is 1. The Hall–Kier alpha value is -3.59. The molecule has 0 fully saturated rings. The SMILES string of the molecule is CC(=O)/C=C(/C)O.Cc1ccc2c(ccc3c(-c4[c-]c5c(c(-c6ccccc6)c4)CCC5)nccc32)c1.[Ir]. The Morgan fingerprint density at radius 3 is 2.39 bits per heavy atom. The van der Waals surface area contributed by atoms with Crippen LogP contribution in [0.2, 0.25) is 0 Å². The zero-order valence-corrected chi connectivity index (χ0v) is 24.2. The van der Waals surface area contributed by atoms with Crippen molar-refractivity contribution >= 4 is 27.3 Å². The molecule has 1 heterocycles. The number of aliphatic hydroxyl groups excluding tert-OH is 1. The summed E-state index contributed by atoms with van der Waals surface area (Å²) in [6, 6.07) is 30.1. The van der Waals surface area contributed by atoms with E-state index in [2.05, 4.69) is 85.8 Å². The molecule has 193 valence electrons. The van der Waals surface area contributed by atoms with Crippen LogP contribution in [0.3, 0.4) is 0 Å². The number of pyridine rings is 1. The van der Waals surface area contributed by atoms with E-state index < -0.39 is 0 Å². The van der Waals surface area contributed by atoms with E-state index in [0.717, 1.165) is 24.1 Å². The van der Waals surface area contributed by atoms with Crippen LogP contribution in [0.15, 0.2) is 90.8 Å². The number of allylic oxidation sites excluding steroid dienone is 2. The second-order valence-electron chi connectivity index (χ2n) is 9.71. The summed E-state index contributed by atoms with van der Waals surface area (Å²) in [5.74, 6) is -0.0625. The molecule has 3 nitrogen and oxygen atoms in total. The molecule has 0 bridgehead atoms. The molecule has 0 atom stereocenters. The number of rotatable bonds is 3. The van der Waals surface area contributed by atoms with E-state index in [1.54, 1.807) is 0 Å². The fourth-order valence-corrected chi connectivity index (χ4v) is 5.24. The van der Waals surface area contributed by atoms with Gasteiger partial charge in [-0.3, -0.25) is 4.79 Å². The molecule has 6 rings (SSSR count). The summed E-state index contributed by atoms with van der Waals surface area (Å²) in [6.45, 7) is 4.99. The summed E-state index contributed by atoms with van der Waals surface area (Å²) in [7, 11) is 0. The average molecular weight is 677 g/mol. The van der Waals surface area contributed by atoms with E-state index in [0.29, 0.717) is 0 Å². The van der Waals surface area contributed by atoms with Gasteiger partial charge in [-0.05, 0) is 66.1 Å². The molecule has 0 spiro atoms. The molecule has 0 saturated heterocycles. The van der Waals surface area contributed by atoms with E-state index in [1.165, 1.54) is 75.7 Å². The van der Waals surface area contributed by atoms with Gasteiger partial charge >= 0.3 is 0 Å². The van der Waals surface area contributed by atoms with Crippen LogP contribution in [-0.2, 0) is 37.7 Å². The van der Waals surface area contributed by atoms with E-state index in [4.69, 9.17) is 10.1 Å². The molecule has 5 aromatic rings. The third-order valence-electron chi connectivity index (χ3n) is 6.79. The number of aromatic nitrogens is 1. The average Bonchev–Trinajstić information content (AvgIpc) is 3.36. The van der Waals surface area contributed by atoms with Crippen molar-refractivity contribution < 1.29 is 30.0 Å². The third-order valence-corrected chi connectivity index (χ3v) is 6.79. The Morgan fingerprint density at radius 2 is 1.68 bits per heavy atom. The molecule has 4 aromatic carbocycles. The van der Waals surface area contributed by atoms with Crippen molar-refractivity contribution in [1.82, 2.24) is 4.98 Å². The standard InChI is InChI=1S/C29H22N.C5H8O2.Ir/c1-19-10-12-25-22(16-19)11-13-27-26(25)14-15-30-29(27)23-17-21-8-5-9-24(21)28(18-23)20-6-3-2-4-7-20;1-4(6)3-5(2)7;/h2-4,6-7,10-16,18H,5,8-9H2,1H3;3,6H,1-2H3;/q-1;;/b;4-3-;. The fourth-order valence-electron chi connectivity index (χ4n) is 5.24. The molecule has 0 aliphatic heterocycles. The van der Waals surface area contributed by atoms with Gasteiger partial charge < -0.3 is 10.1 Å². The van der Waals surface area contributed by atoms with Gasteiger partial charge in [0.2, 0.25) is 0 Å². The van der Waals surface area contributed by atoms with Crippen LogP contribution in [0.4, 0.5) is 0 Å². The van der Waals surface area contributed by atoms with Gasteiger partial charge in [-0.2, -0.15) is 0 Å². The topological polar surface area (TPSA) is 50.2 Å².